The molecule has 2 atom stereocenters. The van der Waals surface area contributed by atoms with Gasteiger partial charge in [-0.15, -0.1) is 0 Å². The smallest absolute Gasteiger partial charge is 0.346 e. The Hall–Kier alpha value is -4.15. The van der Waals surface area contributed by atoms with Gasteiger partial charge in [0.05, 0.1) is 5.92 Å². The molecule has 0 bridgehead atoms. The molecule has 5 aromatic rings. The molecule has 1 N–H and O–H groups in total. The predicted octanol–water partition coefficient (Wildman–Crippen LogP) is 7.16. The first-order valence-corrected chi connectivity index (χ1v) is 12.2. The van der Waals surface area contributed by atoms with Gasteiger partial charge in [0.15, 0.2) is 5.54 Å². The molecule has 36 heavy (non-hydrogen) atoms. The van der Waals surface area contributed by atoms with Crippen molar-refractivity contribution >= 4 is 34.4 Å². The topological polar surface area (TPSA) is 54.4 Å². The molecule has 4 nitrogen and oxygen atoms in total. The van der Waals surface area contributed by atoms with Gasteiger partial charge in [-0.25, -0.2) is 9.79 Å². The van der Waals surface area contributed by atoms with E-state index in [0.29, 0.717) is 16.5 Å². The zero-order valence-electron chi connectivity index (χ0n) is 19.6. The molecule has 1 aromatic heterocycles. The van der Waals surface area contributed by atoms with Gasteiger partial charge >= 0.3 is 5.97 Å². The number of aromatic amines is 1. The fourth-order valence-electron chi connectivity index (χ4n) is 5.21. The molecule has 0 amide bonds. The molecule has 0 unspecified atom stereocenters. The number of carbonyl (C=O) groups is 1. The van der Waals surface area contributed by atoms with Crippen LogP contribution in [-0.2, 0) is 15.1 Å². The van der Waals surface area contributed by atoms with Crippen molar-refractivity contribution < 1.29 is 9.53 Å². The number of hydrogen-bond donors (Lipinski definition) is 1. The van der Waals surface area contributed by atoms with Crippen LogP contribution in [0.3, 0.4) is 0 Å². The lowest BCUT2D eigenvalue weighted by Gasteiger charge is -2.32. The summed E-state index contributed by atoms with van der Waals surface area (Å²) in [5.74, 6) is -0.621. The first-order valence-electron chi connectivity index (χ1n) is 11.8. The highest BCUT2D eigenvalue weighted by Gasteiger charge is 2.55. The van der Waals surface area contributed by atoms with E-state index in [1.807, 2.05) is 97.1 Å². The largest absolute Gasteiger partial charge is 0.405 e. The summed E-state index contributed by atoms with van der Waals surface area (Å²) in [6.45, 7) is 2.08. The summed E-state index contributed by atoms with van der Waals surface area (Å²) >= 11 is 6.47. The van der Waals surface area contributed by atoms with Crippen LogP contribution in [0.25, 0.3) is 10.9 Å². The van der Waals surface area contributed by atoms with Crippen LogP contribution < -0.4 is 0 Å². The van der Waals surface area contributed by atoms with E-state index in [9.17, 15) is 4.79 Å². The van der Waals surface area contributed by atoms with Gasteiger partial charge in [-0.1, -0.05) is 90.5 Å². The van der Waals surface area contributed by atoms with E-state index in [4.69, 9.17) is 21.3 Å². The second-order valence-corrected chi connectivity index (χ2v) is 9.44. The van der Waals surface area contributed by atoms with Gasteiger partial charge in [-0.2, -0.15) is 0 Å². The quantitative estimate of drug-likeness (QED) is 0.266. The van der Waals surface area contributed by atoms with E-state index in [0.717, 1.165) is 33.3 Å². The molecule has 5 heteroatoms. The van der Waals surface area contributed by atoms with Crippen molar-refractivity contribution in [3.63, 3.8) is 0 Å². The standard InChI is InChI=1S/C31H23ClN2O2/c1-20-25-17-8-9-18-26(25)33-28(20)27(21-11-4-2-5-12-21)31(23-15-10-16-24(32)19-23)30(35)36-29(34-31)22-13-6-3-7-14-22/h2-19,27,33H,1H3/t27-,31-/m1/s1. The van der Waals surface area contributed by atoms with Gasteiger partial charge in [0.1, 0.15) is 0 Å². The van der Waals surface area contributed by atoms with Crippen molar-refractivity contribution in [2.24, 2.45) is 4.99 Å². The molecule has 0 radical (unpaired) electrons. The van der Waals surface area contributed by atoms with E-state index in [2.05, 4.69) is 18.0 Å². The molecule has 4 aromatic carbocycles. The molecule has 0 saturated heterocycles. The highest BCUT2D eigenvalue weighted by molar-refractivity contribution is 6.30. The van der Waals surface area contributed by atoms with Gasteiger partial charge in [-0.3, -0.25) is 0 Å². The molecule has 0 spiro atoms. The maximum atomic E-state index is 14.1. The molecule has 0 fully saturated rings. The number of esters is 1. The van der Waals surface area contributed by atoms with Crippen LogP contribution in [-0.4, -0.2) is 16.9 Å². The number of aromatic nitrogens is 1. The van der Waals surface area contributed by atoms with Gasteiger partial charge in [0, 0.05) is 27.2 Å². The van der Waals surface area contributed by atoms with Crippen LogP contribution in [0.4, 0.5) is 0 Å². The second-order valence-electron chi connectivity index (χ2n) is 9.00. The van der Waals surface area contributed by atoms with Crippen LogP contribution in [0.15, 0.2) is 114 Å². The number of carbonyl (C=O) groups excluding carboxylic acids is 1. The zero-order valence-corrected chi connectivity index (χ0v) is 20.4. The average molecular weight is 491 g/mol. The molecule has 0 aliphatic carbocycles. The molecule has 6 rings (SSSR count). The number of fused-ring (bicyclic) bond motifs is 1. The van der Waals surface area contributed by atoms with E-state index in [1.165, 1.54) is 0 Å². The lowest BCUT2D eigenvalue weighted by atomic mass is 9.72. The number of halogens is 1. The van der Waals surface area contributed by atoms with E-state index < -0.39 is 17.4 Å². The third kappa shape index (κ3) is 3.53. The van der Waals surface area contributed by atoms with E-state index >= 15 is 0 Å². The Morgan fingerprint density at radius 1 is 0.861 bits per heavy atom. The summed E-state index contributed by atoms with van der Waals surface area (Å²) < 4.78 is 5.95. The first-order chi connectivity index (χ1) is 17.6. The lowest BCUT2D eigenvalue weighted by Crippen LogP contribution is -2.39. The number of aryl methyl sites for hydroxylation is 1. The number of H-pyrrole nitrogens is 1. The highest BCUT2D eigenvalue weighted by atomic mass is 35.5. The Morgan fingerprint density at radius 2 is 1.56 bits per heavy atom. The minimum Gasteiger partial charge on any atom is -0.405 e. The summed E-state index contributed by atoms with van der Waals surface area (Å²) in [5, 5.41) is 1.64. The number of para-hydroxylation sites is 1. The van der Waals surface area contributed by atoms with Crippen LogP contribution in [0.5, 0.6) is 0 Å². The van der Waals surface area contributed by atoms with Crippen molar-refractivity contribution in [3.8, 4) is 0 Å². The molecule has 0 saturated carbocycles. The Bertz CT molecular complexity index is 1610. The van der Waals surface area contributed by atoms with E-state index in [-0.39, 0.29) is 0 Å². The van der Waals surface area contributed by atoms with Crippen molar-refractivity contribution in [1.82, 2.24) is 4.98 Å². The summed E-state index contributed by atoms with van der Waals surface area (Å²) in [6, 6.07) is 35.0. The van der Waals surface area contributed by atoms with E-state index in [1.54, 1.807) is 6.07 Å². The molecular weight excluding hydrogens is 468 g/mol. The number of aliphatic imine (C=N–C) groups is 1. The van der Waals surface area contributed by atoms with Gasteiger partial charge in [0.2, 0.25) is 5.90 Å². The van der Waals surface area contributed by atoms with Crippen molar-refractivity contribution in [2.45, 2.75) is 18.4 Å². The minimum atomic E-state index is -1.39. The molecule has 176 valence electrons. The van der Waals surface area contributed by atoms with Crippen LogP contribution in [0.2, 0.25) is 5.02 Å². The van der Waals surface area contributed by atoms with Gasteiger partial charge < -0.3 is 9.72 Å². The Balaban J connectivity index is 1.69. The van der Waals surface area contributed by atoms with Crippen molar-refractivity contribution in [1.29, 1.82) is 0 Å². The number of ether oxygens (including phenoxy) is 1. The fourth-order valence-corrected chi connectivity index (χ4v) is 5.40. The predicted molar refractivity (Wildman–Crippen MR) is 144 cm³/mol. The molecule has 1 aliphatic rings. The maximum absolute atomic E-state index is 14.1. The zero-order chi connectivity index (χ0) is 24.7. The number of nitrogens with one attached hydrogen (secondary N) is 1. The van der Waals surface area contributed by atoms with Gasteiger partial charge in [0.25, 0.3) is 0 Å². The minimum absolute atomic E-state index is 0.301. The Labute approximate surface area is 214 Å². The second kappa shape index (κ2) is 8.81. The number of hydrogen-bond acceptors (Lipinski definition) is 3. The normalized spacial score (nSPS) is 18.2. The van der Waals surface area contributed by atoms with Crippen LogP contribution in [0, 0.1) is 6.92 Å². The number of rotatable bonds is 5. The Morgan fingerprint density at radius 3 is 2.28 bits per heavy atom. The third-order valence-corrected chi connectivity index (χ3v) is 7.14. The van der Waals surface area contributed by atoms with Crippen molar-refractivity contribution in [2.75, 3.05) is 0 Å². The lowest BCUT2D eigenvalue weighted by molar-refractivity contribution is -0.140. The monoisotopic (exact) mass is 490 g/mol. The Kier molecular flexibility index (Phi) is 5.46. The number of benzene rings is 4. The molecular formula is C31H23ClN2O2. The molecule has 1 aliphatic heterocycles. The summed E-state index contributed by atoms with van der Waals surface area (Å²) in [6.07, 6.45) is 0. The highest BCUT2D eigenvalue weighted by Crippen LogP contribution is 2.50. The third-order valence-electron chi connectivity index (χ3n) is 6.91. The first kappa shape index (κ1) is 22.3. The van der Waals surface area contributed by atoms with Crippen molar-refractivity contribution in [3.05, 3.63) is 142 Å². The maximum Gasteiger partial charge on any atom is 0.346 e. The van der Waals surface area contributed by atoms with Gasteiger partial charge in [-0.05, 0) is 53.9 Å². The summed E-state index contributed by atoms with van der Waals surface area (Å²) in [7, 11) is 0. The SMILES string of the molecule is Cc1c([C@@H](c2ccccc2)[C@@]2(c3cccc(Cl)c3)N=C(c3ccccc3)OC2=O)[nH]c2ccccc12. The number of cyclic esters (lactones) is 1. The fraction of sp³-hybridized carbons (Fsp3) is 0.0968. The number of nitrogens with zero attached hydrogens (tertiary/aromatic N) is 1. The van der Waals surface area contributed by atoms with Crippen LogP contribution in [0.1, 0.15) is 33.9 Å². The summed E-state index contributed by atoms with van der Waals surface area (Å²) in [4.78, 5) is 22.8. The average Bonchev–Trinajstić information content (AvgIpc) is 3.43. The van der Waals surface area contributed by atoms with Crippen LogP contribution >= 0.6 is 11.6 Å². The molecule has 2 heterocycles. The summed E-state index contributed by atoms with van der Waals surface area (Å²) in [5.41, 5.74) is 3.97.